The molecule has 0 saturated heterocycles. The average molecular weight is 345 g/mol. The minimum Gasteiger partial charge on any atom is -0.497 e. The first-order valence-electron chi connectivity index (χ1n) is 6.84. The molecule has 0 unspecified atom stereocenters. The molecule has 1 N–H and O–H groups in total. The summed E-state index contributed by atoms with van der Waals surface area (Å²) in [5.74, 6) is -0.523. The maximum atomic E-state index is 11.8. The Morgan fingerprint density at radius 2 is 1.92 bits per heavy atom. The molecular weight excluding hydrogens is 332 g/mol. The molecule has 24 heavy (non-hydrogen) atoms. The highest BCUT2D eigenvalue weighted by Gasteiger charge is 2.11. The van der Waals surface area contributed by atoms with Gasteiger partial charge >= 0.3 is 5.97 Å². The zero-order chi connectivity index (χ0) is 17.5. The predicted molar refractivity (Wildman–Crippen MR) is 88.1 cm³/mol. The highest BCUT2D eigenvalue weighted by atomic mass is 35.5. The summed E-state index contributed by atoms with van der Waals surface area (Å²) in [6, 6.07) is 12.7. The van der Waals surface area contributed by atoms with Crippen molar-refractivity contribution in [3.8, 4) is 11.8 Å². The second kappa shape index (κ2) is 7.99. The molecule has 0 saturated carbocycles. The number of nitriles is 1. The highest BCUT2D eigenvalue weighted by Crippen LogP contribution is 2.20. The number of methoxy groups -OCH3 is 1. The van der Waals surface area contributed by atoms with E-state index in [1.807, 2.05) is 6.07 Å². The molecule has 122 valence electrons. The molecule has 0 aliphatic carbocycles. The third kappa shape index (κ3) is 4.48. The first-order chi connectivity index (χ1) is 11.5. The Bertz CT molecular complexity index is 797. The average Bonchev–Trinajstić information content (AvgIpc) is 2.60. The molecule has 0 radical (unpaired) electrons. The summed E-state index contributed by atoms with van der Waals surface area (Å²) in [5, 5.41) is 11.5. The van der Waals surface area contributed by atoms with Crippen molar-refractivity contribution in [1.29, 1.82) is 5.26 Å². The van der Waals surface area contributed by atoms with E-state index in [-0.39, 0.29) is 5.02 Å². The van der Waals surface area contributed by atoms with Crippen LogP contribution in [-0.2, 0) is 9.53 Å². The molecule has 0 fully saturated rings. The molecule has 6 nitrogen and oxygen atoms in total. The van der Waals surface area contributed by atoms with Crippen LogP contribution >= 0.6 is 11.6 Å². The molecule has 2 aromatic rings. The van der Waals surface area contributed by atoms with E-state index in [0.717, 1.165) is 0 Å². The summed E-state index contributed by atoms with van der Waals surface area (Å²) in [7, 11) is 1.52. The van der Waals surface area contributed by atoms with Gasteiger partial charge in [-0.25, -0.2) is 4.79 Å². The van der Waals surface area contributed by atoms with E-state index in [1.54, 1.807) is 24.3 Å². The van der Waals surface area contributed by atoms with Gasteiger partial charge in [-0.15, -0.1) is 0 Å². The van der Waals surface area contributed by atoms with E-state index >= 15 is 0 Å². The van der Waals surface area contributed by atoms with Crippen molar-refractivity contribution < 1.29 is 19.1 Å². The Kier molecular flexibility index (Phi) is 5.77. The van der Waals surface area contributed by atoms with Gasteiger partial charge in [-0.2, -0.15) is 5.26 Å². The van der Waals surface area contributed by atoms with Crippen LogP contribution in [0.3, 0.4) is 0 Å². The van der Waals surface area contributed by atoms with Crippen LogP contribution in [-0.4, -0.2) is 25.6 Å². The van der Waals surface area contributed by atoms with Gasteiger partial charge in [0.1, 0.15) is 11.8 Å². The summed E-state index contributed by atoms with van der Waals surface area (Å²) in [6.07, 6.45) is 0. The Hall–Kier alpha value is -3.04. The first kappa shape index (κ1) is 17.3. The molecule has 0 aromatic heterocycles. The van der Waals surface area contributed by atoms with Gasteiger partial charge in [0, 0.05) is 5.69 Å². The molecule has 0 bridgehead atoms. The minimum absolute atomic E-state index is 0.227. The van der Waals surface area contributed by atoms with Gasteiger partial charge in [0.2, 0.25) is 0 Å². The molecule has 0 atom stereocenters. The van der Waals surface area contributed by atoms with Crippen molar-refractivity contribution in [1.82, 2.24) is 0 Å². The van der Waals surface area contributed by atoms with E-state index in [2.05, 4.69) is 5.32 Å². The van der Waals surface area contributed by atoms with Crippen molar-refractivity contribution in [3.63, 3.8) is 0 Å². The molecule has 7 heteroatoms. The van der Waals surface area contributed by atoms with Crippen LogP contribution in [0.25, 0.3) is 0 Å². The third-order valence-corrected chi connectivity index (χ3v) is 3.35. The first-order valence-corrected chi connectivity index (χ1v) is 7.22. The summed E-state index contributed by atoms with van der Waals surface area (Å²) in [5.41, 5.74) is 1.02. The summed E-state index contributed by atoms with van der Waals surface area (Å²) >= 11 is 5.88. The largest absolute Gasteiger partial charge is 0.497 e. The quantitative estimate of drug-likeness (QED) is 0.842. The van der Waals surface area contributed by atoms with Crippen LogP contribution in [0.4, 0.5) is 5.69 Å². The normalized spacial score (nSPS) is 9.71. The Morgan fingerprint density at radius 3 is 2.50 bits per heavy atom. The number of rotatable bonds is 5. The summed E-state index contributed by atoms with van der Waals surface area (Å²) in [6.45, 7) is -0.442. The van der Waals surface area contributed by atoms with Crippen LogP contribution in [0.2, 0.25) is 5.02 Å². The van der Waals surface area contributed by atoms with Crippen LogP contribution in [0.1, 0.15) is 15.9 Å². The lowest BCUT2D eigenvalue weighted by atomic mass is 10.2. The van der Waals surface area contributed by atoms with E-state index in [9.17, 15) is 9.59 Å². The lowest BCUT2D eigenvalue weighted by Crippen LogP contribution is -2.20. The highest BCUT2D eigenvalue weighted by molar-refractivity contribution is 6.32. The van der Waals surface area contributed by atoms with Gasteiger partial charge in [-0.05, 0) is 42.5 Å². The number of carbonyl (C=O) groups is 2. The standard InChI is InChI=1S/C17H13ClN2O4/c1-23-14-6-3-11(4-7-14)17(22)24-10-16(21)20-13-5-2-12(9-19)15(18)8-13/h2-8H,10H2,1H3,(H,20,21). The Morgan fingerprint density at radius 1 is 1.21 bits per heavy atom. The number of halogens is 1. The smallest absolute Gasteiger partial charge is 0.338 e. The van der Waals surface area contributed by atoms with Gasteiger partial charge < -0.3 is 14.8 Å². The molecule has 1 amide bonds. The predicted octanol–water partition coefficient (Wildman–Crippen LogP) is 3.02. The molecule has 0 aliphatic heterocycles. The van der Waals surface area contributed by atoms with Gasteiger partial charge in [-0.3, -0.25) is 4.79 Å². The molecule has 2 rings (SSSR count). The van der Waals surface area contributed by atoms with Crippen molar-refractivity contribution in [3.05, 3.63) is 58.6 Å². The summed E-state index contributed by atoms with van der Waals surface area (Å²) in [4.78, 5) is 23.6. The van der Waals surface area contributed by atoms with E-state index in [4.69, 9.17) is 26.3 Å². The number of benzene rings is 2. The van der Waals surface area contributed by atoms with Crippen LogP contribution < -0.4 is 10.1 Å². The van der Waals surface area contributed by atoms with Crippen molar-refractivity contribution >= 4 is 29.2 Å². The maximum absolute atomic E-state index is 11.8. The monoisotopic (exact) mass is 344 g/mol. The van der Waals surface area contributed by atoms with Crippen LogP contribution in [0.5, 0.6) is 5.75 Å². The second-order valence-electron chi connectivity index (χ2n) is 4.66. The van der Waals surface area contributed by atoms with Gasteiger partial charge in [0.05, 0.1) is 23.3 Å². The fourth-order valence-corrected chi connectivity index (χ4v) is 2.04. The fraction of sp³-hybridized carbons (Fsp3) is 0.118. The molecular formula is C17H13ClN2O4. The molecule has 0 heterocycles. The number of ether oxygens (including phenoxy) is 2. The SMILES string of the molecule is COc1ccc(C(=O)OCC(=O)Nc2ccc(C#N)c(Cl)c2)cc1. The Labute approximate surface area is 143 Å². The lowest BCUT2D eigenvalue weighted by molar-refractivity contribution is -0.119. The number of amides is 1. The topological polar surface area (TPSA) is 88.4 Å². The number of hydrogen-bond acceptors (Lipinski definition) is 5. The number of anilines is 1. The van der Waals surface area contributed by atoms with Crippen molar-refractivity contribution in [2.24, 2.45) is 0 Å². The number of esters is 1. The number of nitrogens with zero attached hydrogens (tertiary/aromatic N) is 1. The molecule has 0 spiro atoms. The van der Waals surface area contributed by atoms with E-state index in [0.29, 0.717) is 22.6 Å². The van der Waals surface area contributed by atoms with Gasteiger partial charge in [0.15, 0.2) is 6.61 Å². The maximum Gasteiger partial charge on any atom is 0.338 e. The molecule has 0 aliphatic rings. The van der Waals surface area contributed by atoms with Gasteiger partial charge in [-0.1, -0.05) is 11.6 Å². The van der Waals surface area contributed by atoms with Crippen LogP contribution in [0, 0.1) is 11.3 Å². The summed E-state index contributed by atoms with van der Waals surface area (Å²) < 4.78 is 9.93. The Balaban J connectivity index is 1.89. The minimum atomic E-state index is -0.620. The molecule has 2 aromatic carbocycles. The van der Waals surface area contributed by atoms with Crippen molar-refractivity contribution in [2.75, 3.05) is 19.0 Å². The van der Waals surface area contributed by atoms with E-state index < -0.39 is 18.5 Å². The van der Waals surface area contributed by atoms with Gasteiger partial charge in [0.25, 0.3) is 5.91 Å². The third-order valence-electron chi connectivity index (χ3n) is 3.03. The fourth-order valence-electron chi connectivity index (χ4n) is 1.82. The zero-order valence-electron chi connectivity index (χ0n) is 12.7. The number of nitrogens with one attached hydrogen (secondary N) is 1. The van der Waals surface area contributed by atoms with E-state index in [1.165, 1.54) is 25.3 Å². The number of hydrogen-bond donors (Lipinski definition) is 1. The van der Waals surface area contributed by atoms with Crippen molar-refractivity contribution in [2.45, 2.75) is 0 Å². The van der Waals surface area contributed by atoms with Crippen LogP contribution in [0.15, 0.2) is 42.5 Å². The zero-order valence-corrected chi connectivity index (χ0v) is 13.5. The lowest BCUT2D eigenvalue weighted by Gasteiger charge is -2.08. The second-order valence-corrected chi connectivity index (χ2v) is 5.07. The number of carbonyl (C=O) groups excluding carboxylic acids is 2.